The average Bonchev–Trinajstić information content (AvgIpc) is 3.34. The molecule has 138 valence electrons. The van der Waals surface area contributed by atoms with Gasteiger partial charge in [0, 0.05) is 50.4 Å². The number of rotatable bonds is 5. The van der Waals surface area contributed by atoms with Crippen LogP contribution in [0.25, 0.3) is 0 Å². The lowest BCUT2D eigenvalue weighted by molar-refractivity contribution is -0.144. The summed E-state index contributed by atoms with van der Waals surface area (Å²) in [6.45, 7) is 2.21. The number of nitrogens with zero attached hydrogens (tertiary/aromatic N) is 7. The lowest BCUT2D eigenvalue weighted by atomic mass is 9.83. The molecule has 2 aliphatic rings. The van der Waals surface area contributed by atoms with Gasteiger partial charge in [0.2, 0.25) is 11.8 Å². The van der Waals surface area contributed by atoms with Crippen molar-refractivity contribution >= 4 is 11.8 Å². The Morgan fingerprint density at radius 1 is 1.35 bits per heavy atom. The molecule has 4 heterocycles. The highest BCUT2D eigenvalue weighted by molar-refractivity contribution is 5.78. The summed E-state index contributed by atoms with van der Waals surface area (Å²) in [6, 6.07) is 0.219. The van der Waals surface area contributed by atoms with Crippen molar-refractivity contribution in [3.05, 3.63) is 24.5 Å². The van der Waals surface area contributed by atoms with E-state index < -0.39 is 0 Å². The summed E-state index contributed by atoms with van der Waals surface area (Å²) < 4.78 is 1.44. The van der Waals surface area contributed by atoms with Crippen molar-refractivity contribution < 1.29 is 9.59 Å². The first-order valence-corrected chi connectivity index (χ1v) is 8.96. The molecule has 26 heavy (non-hydrogen) atoms. The monoisotopic (exact) mass is 358 g/mol. The van der Waals surface area contributed by atoms with Gasteiger partial charge in [0.1, 0.15) is 12.9 Å². The second-order valence-electron chi connectivity index (χ2n) is 6.92. The van der Waals surface area contributed by atoms with Gasteiger partial charge in [-0.3, -0.25) is 9.59 Å². The fraction of sp³-hybridized carbons (Fsp3) is 0.625. The zero-order valence-corrected chi connectivity index (χ0v) is 14.5. The molecule has 1 N–H and O–H groups in total. The van der Waals surface area contributed by atoms with Crippen molar-refractivity contribution in [1.82, 2.24) is 40.0 Å². The van der Waals surface area contributed by atoms with E-state index in [2.05, 4.69) is 25.5 Å². The number of fused-ring (bicyclic) bond motifs is 1. The normalized spacial score (nSPS) is 23.2. The summed E-state index contributed by atoms with van der Waals surface area (Å²) >= 11 is 0. The number of aromatic amines is 1. The van der Waals surface area contributed by atoms with Gasteiger partial charge in [-0.2, -0.15) is 0 Å². The SMILES string of the molecule is O=C(Cn1cnnn1)N1CC[C@@H]2[C@@H](CCC(=O)N2CCc2cnc[nH]2)C1. The Hall–Kier alpha value is -2.78. The first-order chi connectivity index (χ1) is 12.7. The number of likely N-dealkylation sites (tertiary alicyclic amines) is 2. The Bertz CT molecular complexity index is 744. The predicted molar refractivity (Wildman–Crippen MR) is 89.5 cm³/mol. The molecular formula is C16H22N8O2. The molecule has 0 saturated carbocycles. The molecule has 2 aromatic heterocycles. The number of imidazole rings is 1. The summed E-state index contributed by atoms with van der Waals surface area (Å²) in [4.78, 5) is 35.9. The maximum absolute atomic E-state index is 12.5. The standard InChI is InChI=1S/C16H22N8O2/c25-15-2-1-12-8-22(16(26)9-23-11-19-20-21-23)5-4-14(12)24(15)6-3-13-7-17-10-18-13/h7,10-12,14H,1-6,8-9H2,(H,17,18)/t12-,14+/m0/s1. The molecule has 2 amide bonds. The number of carbonyl (C=O) groups excluding carboxylic acids is 2. The molecule has 2 fully saturated rings. The van der Waals surface area contributed by atoms with Crippen LogP contribution in [-0.4, -0.2) is 77.5 Å². The van der Waals surface area contributed by atoms with Crippen molar-refractivity contribution in [1.29, 1.82) is 0 Å². The third-order valence-electron chi connectivity index (χ3n) is 5.36. The Morgan fingerprint density at radius 2 is 2.27 bits per heavy atom. The molecule has 2 aliphatic heterocycles. The van der Waals surface area contributed by atoms with Gasteiger partial charge >= 0.3 is 0 Å². The van der Waals surface area contributed by atoms with Gasteiger partial charge in [0.25, 0.3) is 0 Å². The van der Waals surface area contributed by atoms with Gasteiger partial charge in [0.05, 0.1) is 6.33 Å². The maximum Gasteiger partial charge on any atom is 0.244 e. The number of tetrazole rings is 1. The van der Waals surface area contributed by atoms with Crippen LogP contribution >= 0.6 is 0 Å². The van der Waals surface area contributed by atoms with E-state index in [9.17, 15) is 9.59 Å². The van der Waals surface area contributed by atoms with E-state index in [0.29, 0.717) is 32.0 Å². The minimum Gasteiger partial charge on any atom is -0.348 e. The lowest BCUT2D eigenvalue weighted by Crippen LogP contribution is -2.57. The van der Waals surface area contributed by atoms with Crippen molar-refractivity contribution in [2.24, 2.45) is 5.92 Å². The number of piperidine rings is 2. The van der Waals surface area contributed by atoms with Gasteiger partial charge in [0.15, 0.2) is 0 Å². The van der Waals surface area contributed by atoms with Crippen molar-refractivity contribution in [2.75, 3.05) is 19.6 Å². The minimum absolute atomic E-state index is 0.0247. The Morgan fingerprint density at radius 3 is 3.04 bits per heavy atom. The highest BCUT2D eigenvalue weighted by Crippen LogP contribution is 2.31. The van der Waals surface area contributed by atoms with Gasteiger partial charge < -0.3 is 14.8 Å². The molecule has 0 radical (unpaired) electrons. The van der Waals surface area contributed by atoms with E-state index in [4.69, 9.17) is 0 Å². The zero-order valence-electron chi connectivity index (χ0n) is 14.5. The van der Waals surface area contributed by atoms with Crippen LogP contribution in [-0.2, 0) is 22.6 Å². The first kappa shape index (κ1) is 16.7. The Balaban J connectivity index is 1.37. The largest absolute Gasteiger partial charge is 0.348 e. The fourth-order valence-electron chi connectivity index (χ4n) is 4.02. The highest BCUT2D eigenvalue weighted by Gasteiger charge is 2.40. The van der Waals surface area contributed by atoms with Gasteiger partial charge in [-0.05, 0) is 29.2 Å². The smallest absolute Gasteiger partial charge is 0.244 e. The Labute approximate surface area is 150 Å². The van der Waals surface area contributed by atoms with Crippen LogP contribution in [0.5, 0.6) is 0 Å². The topological polar surface area (TPSA) is 113 Å². The summed E-state index contributed by atoms with van der Waals surface area (Å²) in [6.07, 6.45) is 7.90. The molecule has 4 rings (SSSR count). The molecule has 0 unspecified atom stereocenters. The minimum atomic E-state index is 0.0247. The van der Waals surface area contributed by atoms with Crippen LogP contribution in [0.15, 0.2) is 18.9 Å². The van der Waals surface area contributed by atoms with E-state index in [1.165, 1.54) is 11.0 Å². The second kappa shape index (κ2) is 7.22. The number of nitrogens with one attached hydrogen (secondary N) is 1. The molecule has 0 aliphatic carbocycles. The molecular weight excluding hydrogens is 336 g/mol. The third kappa shape index (κ3) is 3.44. The summed E-state index contributed by atoms with van der Waals surface area (Å²) in [5.74, 6) is 0.580. The first-order valence-electron chi connectivity index (χ1n) is 8.96. The molecule has 10 nitrogen and oxygen atoms in total. The highest BCUT2D eigenvalue weighted by atomic mass is 16.2. The second-order valence-corrected chi connectivity index (χ2v) is 6.92. The van der Waals surface area contributed by atoms with Gasteiger partial charge in [-0.25, -0.2) is 9.67 Å². The van der Waals surface area contributed by atoms with Crippen LogP contribution in [0, 0.1) is 5.92 Å². The number of H-pyrrole nitrogens is 1. The summed E-state index contributed by atoms with van der Waals surface area (Å²) in [7, 11) is 0. The van der Waals surface area contributed by atoms with Crippen molar-refractivity contribution in [3.63, 3.8) is 0 Å². The summed E-state index contributed by atoms with van der Waals surface area (Å²) in [5, 5.41) is 10.9. The van der Waals surface area contributed by atoms with E-state index in [1.54, 1.807) is 12.5 Å². The fourth-order valence-corrected chi connectivity index (χ4v) is 4.02. The zero-order chi connectivity index (χ0) is 17.9. The number of hydrogen-bond acceptors (Lipinski definition) is 6. The number of amides is 2. The van der Waals surface area contributed by atoms with E-state index in [-0.39, 0.29) is 24.4 Å². The van der Waals surface area contributed by atoms with Crippen molar-refractivity contribution in [3.8, 4) is 0 Å². The predicted octanol–water partition coefficient (Wildman–Crippen LogP) is -0.522. The lowest BCUT2D eigenvalue weighted by Gasteiger charge is -2.47. The van der Waals surface area contributed by atoms with Crippen LogP contribution in [0.3, 0.4) is 0 Å². The Kier molecular flexibility index (Phi) is 4.63. The quantitative estimate of drug-likeness (QED) is 0.769. The molecule has 2 aromatic rings. The summed E-state index contributed by atoms with van der Waals surface area (Å²) in [5.41, 5.74) is 1.04. The number of hydrogen-bond donors (Lipinski definition) is 1. The van der Waals surface area contributed by atoms with Crippen LogP contribution in [0.1, 0.15) is 25.0 Å². The van der Waals surface area contributed by atoms with E-state index in [1.807, 2.05) is 9.80 Å². The van der Waals surface area contributed by atoms with Crippen LogP contribution < -0.4 is 0 Å². The van der Waals surface area contributed by atoms with Crippen LogP contribution in [0.2, 0.25) is 0 Å². The van der Waals surface area contributed by atoms with E-state index >= 15 is 0 Å². The average molecular weight is 358 g/mol. The number of aromatic nitrogens is 6. The van der Waals surface area contributed by atoms with Gasteiger partial charge in [-0.1, -0.05) is 0 Å². The molecule has 0 spiro atoms. The number of carbonyl (C=O) groups is 2. The molecule has 0 aromatic carbocycles. The molecule has 2 atom stereocenters. The van der Waals surface area contributed by atoms with Crippen LogP contribution in [0.4, 0.5) is 0 Å². The maximum atomic E-state index is 12.5. The van der Waals surface area contributed by atoms with Gasteiger partial charge in [-0.15, -0.1) is 5.10 Å². The molecule has 0 bridgehead atoms. The van der Waals surface area contributed by atoms with E-state index in [0.717, 1.165) is 25.0 Å². The van der Waals surface area contributed by atoms with Crippen molar-refractivity contribution in [2.45, 2.75) is 38.3 Å². The molecule has 10 heteroatoms. The third-order valence-corrected chi connectivity index (χ3v) is 5.36. The molecule has 2 saturated heterocycles.